The molecule has 1 aromatic heterocycles. The highest BCUT2D eigenvalue weighted by molar-refractivity contribution is 6.31. The molecule has 5 nitrogen and oxygen atoms in total. The van der Waals surface area contributed by atoms with Gasteiger partial charge in [-0.25, -0.2) is 0 Å². The number of nitrogens with zero attached hydrogens (tertiary/aromatic N) is 2. The summed E-state index contributed by atoms with van der Waals surface area (Å²) in [6.45, 7) is 0.634. The second kappa shape index (κ2) is 7.52. The minimum absolute atomic E-state index is 0.0696. The number of benzene rings is 1. The zero-order valence-electron chi connectivity index (χ0n) is 13.3. The van der Waals surface area contributed by atoms with Crippen molar-refractivity contribution < 1.29 is 9.47 Å². The summed E-state index contributed by atoms with van der Waals surface area (Å²) in [6.07, 6.45) is 3.95. The van der Waals surface area contributed by atoms with E-state index in [4.69, 9.17) is 21.1 Å². The van der Waals surface area contributed by atoms with Crippen molar-refractivity contribution in [2.24, 2.45) is 0 Å². The van der Waals surface area contributed by atoms with Crippen molar-refractivity contribution in [1.29, 1.82) is 0 Å². The average molecular weight is 345 g/mol. The molecule has 1 unspecified atom stereocenters. The van der Waals surface area contributed by atoms with E-state index < -0.39 is 0 Å². The zero-order valence-corrected chi connectivity index (χ0v) is 14.0. The van der Waals surface area contributed by atoms with E-state index in [0.29, 0.717) is 12.2 Å². The summed E-state index contributed by atoms with van der Waals surface area (Å²) in [4.78, 5) is 12.4. The van der Waals surface area contributed by atoms with Crippen LogP contribution in [0.25, 0.3) is 0 Å². The topological polar surface area (TPSA) is 53.4 Å². The van der Waals surface area contributed by atoms with E-state index in [2.05, 4.69) is 16.9 Å². The Morgan fingerprint density at radius 1 is 1.29 bits per heavy atom. The highest BCUT2D eigenvalue weighted by Crippen LogP contribution is 2.21. The molecular formula is C18H17ClN2O3. The lowest BCUT2D eigenvalue weighted by atomic mass is 10.2. The first-order valence-electron chi connectivity index (χ1n) is 7.74. The first kappa shape index (κ1) is 16.6. The van der Waals surface area contributed by atoms with Gasteiger partial charge in [-0.1, -0.05) is 23.4 Å². The highest BCUT2D eigenvalue weighted by Gasteiger charge is 2.19. The molecule has 0 bridgehead atoms. The Hall–Kier alpha value is -2.29. The molecule has 1 aliphatic rings. The van der Waals surface area contributed by atoms with E-state index in [-0.39, 0.29) is 16.8 Å². The highest BCUT2D eigenvalue weighted by atomic mass is 35.5. The van der Waals surface area contributed by atoms with Crippen LogP contribution < -0.4 is 10.3 Å². The van der Waals surface area contributed by atoms with Gasteiger partial charge in [0.1, 0.15) is 10.8 Å². The van der Waals surface area contributed by atoms with E-state index in [9.17, 15) is 4.79 Å². The third-order valence-corrected chi connectivity index (χ3v) is 4.17. The van der Waals surface area contributed by atoms with Crippen LogP contribution in [-0.2, 0) is 4.74 Å². The van der Waals surface area contributed by atoms with Crippen LogP contribution in [0.4, 0.5) is 0 Å². The first-order valence-corrected chi connectivity index (χ1v) is 8.12. The summed E-state index contributed by atoms with van der Waals surface area (Å²) in [5, 5.41) is 4.24. The molecule has 1 saturated heterocycles. The van der Waals surface area contributed by atoms with Gasteiger partial charge in [0.15, 0.2) is 6.23 Å². The minimum Gasteiger partial charge on any atom is -0.497 e. The number of aromatic nitrogens is 2. The molecule has 1 aromatic carbocycles. The summed E-state index contributed by atoms with van der Waals surface area (Å²) in [5.74, 6) is 6.63. The fourth-order valence-electron chi connectivity index (χ4n) is 2.47. The molecular weight excluding hydrogens is 328 g/mol. The van der Waals surface area contributed by atoms with E-state index in [1.165, 1.54) is 10.9 Å². The molecule has 0 N–H and O–H groups in total. The van der Waals surface area contributed by atoms with Gasteiger partial charge in [0.25, 0.3) is 5.56 Å². The second-order valence-corrected chi connectivity index (χ2v) is 5.80. The normalized spacial score (nSPS) is 17.0. The van der Waals surface area contributed by atoms with Crippen LogP contribution in [0, 0.1) is 11.8 Å². The van der Waals surface area contributed by atoms with Gasteiger partial charge in [0.2, 0.25) is 0 Å². The van der Waals surface area contributed by atoms with Gasteiger partial charge >= 0.3 is 0 Å². The van der Waals surface area contributed by atoms with Crippen LogP contribution in [0.2, 0.25) is 5.02 Å². The number of rotatable bonds is 2. The van der Waals surface area contributed by atoms with Crippen LogP contribution in [-0.4, -0.2) is 23.5 Å². The van der Waals surface area contributed by atoms with Crippen LogP contribution in [0.5, 0.6) is 5.75 Å². The van der Waals surface area contributed by atoms with Crippen LogP contribution >= 0.6 is 11.6 Å². The van der Waals surface area contributed by atoms with Crippen LogP contribution in [0.3, 0.4) is 0 Å². The fourth-order valence-corrected chi connectivity index (χ4v) is 2.65. The van der Waals surface area contributed by atoms with Crippen molar-refractivity contribution in [3.05, 3.63) is 57.0 Å². The molecule has 1 atom stereocenters. The third kappa shape index (κ3) is 3.61. The summed E-state index contributed by atoms with van der Waals surface area (Å²) < 4.78 is 12.0. The fraction of sp³-hybridized carbons (Fsp3) is 0.333. The maximum Gasteiger partial charge on any atom is 0.289 e. The summed E-state index contributed by atoms with van der Waals surface area (Å²) in [6, 6.07) is 7.32. The molecule has 24 heavy (non-hydrogen) atoms. The Morgan fingerprint density at radius 2 is 2.08 bits per heavy atom. The number of halogens is 1. The molecule has 6 heteroatoms. The van der Waals surface area contributed by atoms with Crippen molar-refractivity contribution in [3.8, 4) is 17.6 Å². The van der Waals surface area contributed by atoms with Gasteiger partial charge in [-0.15, -0.1) is 0 Å². The molecule has 0 amide bonds. The Bertz CT molecular complexity index is 828. The van der Waals surface area contributed by atoms with Crippen molar-refractivity contribution in [3.63, 3.8) is 0 Å². The monoisotopic (exact) mass is 344 g/mol. The predicted molar refractivity (Wildman–Crippen MR) is 91.3 cm³/mol. The Kier molecular flexibility index (Phi) is 5.19. The van der Waals surface area contributed by atoms with Gasteiger partial charge < -0.3 is 9.47 Å². The Morgan fingerprint density at radius 3 is 2.75 bits per heavy atom. The number of hydrogen-bond acceptors (Lipinski definition) is 4. The van der Waals surface area contributed by atoms with Gasteiger partial charge in [-0.3, -0.25) is 4.79 Å². The van der Waals surface area contributed by atoms with Gasteiger partial charge in [-0.05, 0) is 43.5 Å². The van der Waals surface area contributed by atoms with E-state index in [1.807, 2.05) is 24.3 Å². The summed E-state index contributed by atoms with van der Waals surface area (Å²) >= 11 is 6.18. The molecule has 0 spiro atoms. The Labute approximate surface area is 145 Å². The van der Waals surface area contributed by atoms with Gasteiger partial charge in [-0.2, -0.15) is 9.78 Å². The molecule has 1 aliphatic heterocycles. The summed E-state index contributed by atoms with van der Waals surface area (Å²) in [7, 11) is 1.61. The molecule has 0 radical (unpaired) electrons. The van der Waals surface area contributed by atoms with Gasteiger partial charge in [0.05, 0.1) is 18.9 Å². The van der Waals surface area contributed by atoms with Gasteiger partial charge in [0, 0.05) is 12.2 Å². The second-order valence-electron chi connectivity index (χ2n) is 5.42. The van der Waals surface area contributed by atoms with E-state index >= 15 is 0 Å². The lowest BCUT2D eigenvalue weighted by Gasteiger charge is -2.23. The predicted octanol–water partition coefficient (Wildman–Crippen LogP) is 3.00. The first-order chi connectivity index (χ1) is 11.7. The average Bonchev–Trinajstić information content (AvgIpc) is 2.64. The van der Waals surface area contributed by atoms with Crippen LogP contribution in [0.15, 0.2) is 35.3 Å². The lowest BCUT2D eigenvalue weighted by molar-refractivity contribution is -0.0424. The standard InChI is InChI=1S/C18H17ClN2O3/c1-23-15-9-6-13(7-10-15)5-8-14-12-20-21(18(22)17(14)19)16-4-2-3-11-24-16/h6-7,9-10,12,16H,2-4,11H2,1H3. The van der Waals surface area contributed by atoms with Crippen molar-refractivity contribution in [2.75, 3.05) is 13.7 Å². The van der Waals surface area contributed by atoms with Crippen molar-refractivity contribution in [1.82, 2.24) is 9.78 Å². The Balaban J connectivity index is 1.85. The number of hydrogen-bond donors (Lipinski definition) is 0. The van der Waals surface area contributed by atoms with E-state index in [1.54, 1.807) is 7.11 Å². The molecule has 2 aromatic rings. The minimum atomic E-state index is -0.370. The van der Waals surface area contributed by atoms with Crippen molar-refractivity contribution in [2.45, 2.75) is 25.5 Å². The maximum atomic E-state index is 12.4. The number of methoxy groups -OCH3 is 1. The maximum absolute atomic E-state index is 12.4. The smallest absolute Gasteiger partial charge is 0.289 e. The molecule has 1 fully saturated rings. The van der Waals surface area contributed by atoms with Crippen LogP contribution in [0.1, 0.15) is 36.6 Å². The zero-order chi connectivity index (χ0) is 16.9. The largest absolute Gasteiger partial charge is 0.497 e. The molecule has 0 saturated carbocycles. The molecule has 2 heterocycles. The van der Waals surface area contributed by atoms with Crippen molar-refractivity contribution >= 4 is 11.6 Å². The molecule has 124 valence electrons. The van der Waals surface area contributed by atoms with E-state index in [0.717, 1.165) is 30.6 Å². The molecule has 3 rings (SSSR count). The lowest BCUT2D eigenvalue weighted by Crippen LogP contribution is -2.31. The molecule has 0 aliphatic carbocycles. The summed E-state index contributed by atoms with van der Waals surface area (Å²) in [5.41, 5.74) is 0.835. The number of ether oxygens (including phenoxy) is 2. The SMILES string of the molecule is COc1ccc(C#Cc2cnn(C3CCCCO3)c(=O)c2Cl)cc1. The third-order valence-electron chi connectivity index (χ3n) is 3.80. The quantitative estimate of drug-likeness (QED) is 0.786.